The van der Waals surface area contributed by atoms with E-state index >= 15 is 0 Å². The first-order chi connectivity index (χ1) is 12.3. The Kier molecular flexibility index (Phi) is 4.45. The van der Waals surface area contributed by atoms with Crippen LogP contribution in [0, 0.1) is 0 Å². The van der Waals surface area contributed by atoms with Gasteiger partial charge in [0.25, 0.3) is 0 Å². The molecule has 3 aromatic heterocycles. The normalized spacial score (nSPS) is 15.1. The van der Waals surface area contributed by atoms with Crippen molar-refractivity contribution in [3.63, 3.8) is 0 Å². The Bertz CT molecular complexity index is 893. The molecule has 1 N–H and O–H groups in total. The minimum Gasteiger partial charge on any atom is -0.378 e. The van der Waals surface area contributed by atoms with Crippen molar-refractivity contribution in [3.05, 3.63) is 47.9 Å². The van der Waals surface area contributed by atoms with Gasteiger partial charge < -0.3 is 15.0 Å². The Balaban J connectivity index is 1.38. The van der Waals surface area contributed by atoms with Crippen LogP contribution in [-0.4, -0.2) is 46.6 Å². The Hall–Kier alpha value is -2.71. The van der Waals surface area contributed by atoms with Gasteiger partial charge in [-0.2, -0.15) is 0 Å². The van der Waals surface area contributed by atoms with Crippen molar-refractivity contribution in [2.24, 2.45) is 0 Å². The standard InChI is InChI=1S/C17H17N5O2S/c23-16(4-2-14-12-19-17-22(14)7-10-25-17)20-13-1-3-15(18-11-13)21-5-8-24-9-6-21/h1-4,7,10-12H,5-6,8-9H2,(H,20,23)/b4-2+. The molecule has 0 bridgehead atoms. The summed E-state index contributed by atoms with van der Waals surface area (Å²) in [6, 6.07) is 3.77. The van der Waals surface area contributed by atoms with Gasteiger partial charge in [0.05, 0.1) is 37.0 Å². The van der Waals surface area contributed by atoms with Crippen molar-refractivity contribution in [2.75, 3.05) is 36.5 Å². The third kappa shape index (κ3) is 3.54. The Labute approximate surface area is 148 Å². The molecule has 1 saturated heterocycles. The number of carbonyl (C=O) groups excluding carboxylic acids is 1. The zero-order valence-electron chi connectivity index (χ0n) is 13.5. The highest BCUT2D eigenvalue weighted by atomic mass is 32.1. The fourth-order valence-corrected chi connectivity index (χ4v) is 3.35. The van der Waals surface area contributed by atoms with Crippen LogP contribution in [-0.2, 0) is 9.53 Å². The summed E-state index contributed by atoms with van der Waals surface area (Å²) in [5.41, 5.74) is 1.54. The molecule has 4 heterocycles. The van der Waals surface area contributed by atoms with Crippen LogP contribution in [0.3, 0.4) is 0 Å². The quantitative estimate of drug-likeness (QED) is 0.727. The molecule has 4 rings (SSSR count). The predicted octanol–water partition coefficient (Wildman–Crippen LogP) is 2.28. The first-order valence-corrected chi connectivity index (χ1v) is 8.86. The molecule has 0 radical (unpaired) electrons. The van der Waals surface area contributed by atoms with Gasteiger partial charge in [-0.25, -0.2) is 9.97 Å². The zero-order valence-corrected chi connectivity index (χ0v) is 14.3. The van der Waals surface area contributed by atoms with Gasteiger partial charge in [0.2, 0.25) is 5.91 Å². The largest absolute Gasteiger partial charge is 0.378 e. The number of aromatic nitrogens is 3. The number of ether oxygens (including phenoxy) is 1. The molecule has 3 aromatic rings. The maximum Gasteiger partial charge on any atom is 0.248 e. The van der Waals surface area contributed by atoms with Crippen LogP contribution in [0.25, 0.3) is 11.0 Å². The molecule has 0 aromatic carbocycles. The van der Waals surface area contributed by atoms with Crippen LogP contribution in [0.15, 0.2) is 42.2 Å². The minimum absolute atomic E-state index is 0.203. The van der Waals surface area contributed by atoms with Crippen molar-refractivity contribution < 1.29 is 9.53 Å². The van der Waals surface area contributed by atoms with Gasteiger partial charge in [-0.3, -0.25) is 9.20 Å². The van der Waals surface area contributed by atoms with Crippen molar-refractivity contribution >= 4 is 39.8 Å². The lowest BCUT2D eigenvalue weighted by Crippen LogP contribution is -2.36. The Morgan fingerprint density at radius 1 is 1.24 bits per heavy atom. The number of imidazole rings is 1. The highest BCUT2D eigenvalue weighted by molar-refractivity contribution is 7.15. The smallest absolute Gasteiger partial charge is 0.248 e. The van der Waals surface area contributed by atoms with Gasteiger partial charge in [0.1, 0.15) is 5.82 Å². The molecule has 1 amide bonds. The Morgan fingerprint density at radius 3 is 2.92 bits per heavy atom. The van der Waals surface area contributed by atoms with Gasteiger partial charge >= 0.3 is 0 Å². The van der Waals surface area contributed by atoms with E-state index in [1.807, 2.05) is 28.1 Å². The number of nitrogens with one attached hydrogen (secondary N) is 1. The second kappa shape index (κ2) is 7.04. The molecule has 1 aliphatic heterocycles. The lowest BCUT2D eigenvalue weighted by atomic mass is 10.3. The van der Waals surface area contributed by atoms with E-state index in [1.54, 1.807) is 29.8 Å². The number of morpholine rings is 1. The number of carbonyl (C=O) groups is 1. The number of anilines is 2. The van der Waals surface area contributed by atoms with Crippen molar-refractivity contribution in [1.82, 2.24) is 14.4 Å². The van der Waals surface area contributed by atoms with Crippen LogP contribution in [0.2, 0.25) is 0 Å². The van der Waals surface area contributed by atoms with E-state index in [1.165, 1.54) is 6.08 Å². The van der Waals surface area contributed by atoms with Crippen LogP contribution < -0.4 is 10.2 Å². The van der Waals surface area contributed by atoms with E-state index in [0.29, 0.717) is 5.69 Å². The number of hydrogen-bond donors (Lipinski definition) is 1. The van der Waals surface area contributed by atoms with E-state index in [9.17, 15) is 4.79 Å². The van der Waals surface area contributed by atoms with Crippen LogP contribution in [0.4, 0.5) is 11.5 Å². The fourth-order valence-electron chi connectivity index (χ4n) is 2.65. The number of nitrogens with zero attached hydrogens (tertiary/aromatic N) is 4. The summed E-state index contributed by atoms with van der Waals surface area (Å²) in [5.74, 6) is 0.696. The average Bonchev–Trinajstić information content (AvgIpc) is 3.25. The van der Waals surface area contributed by atoms with Gasteiger partial charge in [0, 0.05) is 30.7 Å². The second-order valence-electron chi connectivity index (χ2n) is 5.57. The molecule has 1 fully saturated rings. The van der Waals surface area contributed by atoms with Gasteiger partial charge in [-0.1, -0.05) is 0 Å². The summed E-state index contributed by atoms with van der Waals surface area (Å²) in [6.45, 7) is 3.11. The zero-order chi connectivity index (χ0) is 17.1. The number of amides is 1. The van der Waals surface area contributed by atoms with E-state index in [-0.39, 0.29) is 5.91 Å². The molecule has 1 aliphatic rings. The minimum atomic E-state index is -0.203. The topological polar surface area (TPSA) is 71.8 Å². The van der Waals surface area contributed by atoms with Gasteiger partial charge in [-0.05, 0) is 18.2 Å². The number of fused-ring (bicyclic) bond motifs is 1. The van der Waals surface area contributed by atoms with Crippen molar-refractivity contribution in [2.45, 2.75) is 0 Å². The lowest BCUT2D eigenvalue weighted by molar-refractivity contribution is -0.111. The third-order valence-electron chi connectivity index (χ3n) is 3.93. The third-order valence-corrected chi connectivity index (χ3v) is 4.70. The average molecular weight is 355 g/mol. The van der Waals surface area contributed by atoms with Crippen LogP contribution in [0.1, 0.15) is 5.69 Å². The maximum absolute atomic E-state index is 12.1. The summed E-state index contributed by atoms with van der Waals surface area (Å²) >= 11 is 1.56. The lowest BCUT2D eigenvalue weighted by Gasteiger charge is -2.27. The summed E-state index contributed by atoms with van der Waals surface area (Å²) in [6.07, 6.45) is 8.59. The molecule has 25 heavy (non-hydrogen) atoms. The highest BCUT2D eigenvalue weighted by Gasteiger charge is 2.12. The number of hydrogen-bond acceptors (Lipinski definition) is 6. The van der Waals surface area contributed by atoms with E-state index < -0.39 is 0 Å². The first kappa shape index (κ1) is 15.8. The van der Waals surface area contributed by atoms with Crippen LogP contribution in [0.5, 0.6) is 0 Å². The number of pyridine rings is 1. The predicted molar refractivity (Wildman–Crippen MR) is 98.0 cm³/mol. The van der Waals surface area contributed by atoms with E-state index in [2.05, 4.69) is 20.2 Å². The number of thiazole rings is 1. The number of rotatable bonds is 4. The monoisotopic (exact) mass is 355 g/mol. The maximum atomic E-state index is 12.1. The van der Waals surface area contributed by atoms with Crippen molar-refractivity contribution in [1.29, 1.82) is 0 Å². The second-order valence-corrected chi connectivity index (χ2v) is 6.44. The summed E-state index contributed by atoms with van der Waals surface area (Å²) in [7, 11) is 0. The van der Waals surface area contributed by atoms with Gasteiger partial charge in [0.15, 0.2) is 4.96 Å². The molecule has 8 heteroatoms. The van der Waals surface area contributed by atoms with Crippen molar-refractivity contribution in [3.8, 4) is 0 Å². The Morgan fingerprint density at radius 2 is 2.12 bits per heavy atom. The molecule has 7 nitrogen and oxygen atoms in total. The SMILES string of the molecule is O=C(/C=C/c1cnc2sccn12)Nc1ccc(N2CCOCC2)nc1. The molecule has 0 unspecified atom stereocenters. The van der Waals surface area contributed by atoms with E-state index in [0.717, 1.165) is 42.8 Å². The molecule has 0 atom stereocenters. The molecule has 128 valence electrons. The summed E-state index contributed by atoms with van der Waals surface area (Å²) < 4.78 is 7.27. The summed E-state index contributed by atoms with van der Waals surface area (Å²) in [4.78, 5) is 23.8. The molecular weight excluding hydrogens is 338 g/mol. The molecular formula is C17H17N5O2S. The van der Waals surface area contributed by atoms with E-state index in [4.69, 9.17) is 4.74 Å². The van der Waals surface area contributed by atoms with Crippen LogP contribution >= 0.6 is 11.3 Å². The highest BCUT2D eigenvalue weighted by Crippen LogP contribution is 2.16. The van der Waals surface area contributed by atoms with Gasteiger partial charge in [-0.15, -0.1) is 11.3 Å². The molecule has 0 aliphatic carbocycles. The fraction of sp³-hybridized carbons (Fsp3) is 0.235. The molecule has 0 spiro atoms. The summed E-state index contributed by atoms with van der Waals surface area (Å²) in [5, 5.41) is 4.78. The molecule has 0 saturated carbocycles. The first-order valence-electron chi connectivity index (χ1n) is 7.98.